The smallest absolute Gasteiger partial charge is 0.382 e. The van der Waals surface area contributed by atoms with Gasteiger partial charge in [-0.25, -0.2) is 13.9 Å². The predicted octanol–water partition coefficient (Wildman–Crippen LogP) is 5.69. The van der Waals surface area contributed by atoms with Gasteiger partial charge in [0.1, 0.15) is 5.82 Å². The number of rotatable bonds is 8. The lowest BCUT2D eigenvalue weighted by Gasteiger charge is -2.13. The van der Waals surface area contributed by atoms with Crippen molar-refractivity contribution in [2.75, 3.05) is 11.9 Å². The average Bonchev–Trinajstić information content (AvgIpc) is 3.53. The van der Waals surface area contributed by atoms with Gasteiger partial charge < -0.3 is 10.6 Å². The van der Waals surface area contributed by atoms with E-state index in [0.717, 1.165) is 24.0 Å². The number of nitrogens with zero attached hydrogens (tertiary/aromatic N) is 3. The molecule has 5 rings (SSSR count). The van der Waals surface area contributed by atoms with E-state index in [1.54, 1.807) is 41.0 Å². The fourth-order valence-corrected chi connectivity index (χ4v) is 4.20. The van der Waals surface area contributed by atoms with E-state index in [-0.39, 0.29) is 30.7 Å². The number of amides is 1. The van der Waals surface area contributed by atoms with Crippen molar-refractivity contribution in [2.24, 2.45) is 0 Å². The van der Waals surface area contributed by atoms with Crippen LogP contribution in [0.15, 0.2) is 54.7 Å². The minimum atomic E-state index is -4.30. The Morgan fingerprint density at radius 2 is 1.95 bits per heavy atom. The van der Waals surface area contributed by atoms with E-state index < -0.39 is 12.6 Å². The van der Waals surface area contributed by atoms with Crippen LogP contribution in [0.25, 0.3) is 16.9 Å². The van der Waals surface area contributed by atoms with Gasteiger partial charge in [0, 0.05) is 30.1 Å². The Morgan fingerprint density at radius 1 is 1.14 bits per heavy atom. The number of carbonyl (C=O) groups excluding carboxylic acids is 1. The van der Waals surface area contributed by atoms with Crippen LogP contribution in [-0.2, 0) is 6.42 Å². The number of carbonyl (C=O) groups is 1. The quantitative estimate of drug-likeness (QED) is 0.298. The highest BCUT2D eigenvalue weighted by molar-refractivity contribution is 5.96. The minimum absolute atomic E-state index is 0.114. The summed E-state index contributed by atoms with van der Waals surface area (Å²) >= 11 is 0. The van der Waals surface area contributed by atoms with Gasteiger partial charge in [0.15, 0.2) is 5.65 Å². The third-order valence-corrected chi connectivity index (χ3v) is 6.20. The van der Waals surface area contributed by atoms with E-state index >= 15 is 0 Å². The first-order valence-electron chi connectivity index (χ1n) is 12.0. The summed E-state index contributed by atoms with van der Waals surface area (Å²) in [4.78, 5) is 17.0. The van der Waals surface area contributed by atoms with Crippen molar-refractivity contribution < 1.29 is 22.4 Å². The maximum Gasteiger partial charge on any atom is 0.390 e. The Kier molecular flexibility index (Phi) is 6.57. The van der Waals surface area contributed by atoms with Crippen LogP contribution >= 0.6 is 0 Å². The number of aryl methyl sites for hydroxylation is 1. The Hall–Kier alpha value is -3.95. The second kappa shape index (κ2) is 9.84. The van der Waals surface area contributed by atoms with Crippen LogP contribution in [0.5, 0.6) is 0 Å². The van der Waals surface area contributed by atoms with E-state index in [0.29, 0.717) is 33.8 Å². The van der Waals surface area contributed by atoms with Crippen LogP contribution in [0.2, 0.25) is 0 Å². The molecule has 4 aromatic rings. The number of nitrogens with one attached hydrogen (secondary N) is 2. The lowest BCUT2D eigenvalue weighted by molar-refractivity contribution is -0.131. The number of imidazole rings is 1. The predicted molar refractivity (Wildman–Crippen MR) is 132 cm³/mol. The van der Waals surface area contributed by atoms with Gasteiger partial charge in [-0.1, -0.05) is 18.2 Å². The SMILES string of the molecule is Cc1cc(-c2cnc3c(NCCC(F)(F)F)cc(Cc4cccc(F)c4)nn23)ccc1C(=O)NC1CC1. The first kappa shape index (κ1) is 24.7. The molecule has 1 aliphatic carbocycles. The molecule has 10 heteroatoms. The molecule has 2 heterocycles. The van der Waals surface area contributed by atoms with Crippen molar-refractivity contribution in [3.8, 4) is 11.3 Å². The number of fused-ring (bicyclic) bond motifs is 1. The molecule has 1 amide bonds. The van der Waals surface area contributed by atoms with Gasteiger partial charge in [-0.15, -0.1) is 0 Å². The monoisotopic (exact) mass is 511 g/mol. The summed E-state index contributed by atoms with van der Waals surface area (Å²) in [6.45, 7) is 1.52. The van der Waals surface area contributed by atoms with Crippen molar-refractivity contribution >= 4 is 17.2 Å². The summed E-state index contributed by atoms with van der Waals surface area (Å²) in [5.41, 5.74) is 4.71. The Labute approximate surface area is 210 Å². The molecule has 6 nitrogen and oxygen atoms in total. The van der Waals surface area contributed by atoms with Crippen molar-refractivity contribution in [3.63, 3.8) is 0 Å². The fourth-order valence-electron chi connectivity index (χ4n) is 4.20. The molecule has 0 radical (unpaired) electrons. The minimum Gasteiger partial charge on any atom is -0.382 e. The van der Waals surface area contributed by atoms with Crippen LogP contribution in [0.3, 0.4) is 0 Å². The lowest BCUT2D eigenvalue weighted by atomic mass is 10.0. The van der Waals surface area contributed by atoms with Crippen LogP contribution < -0.4 is 10.6 Å². The van der Waals surface area contributed by atoms with E-state index in [9.17, 15) is 22.4 Å². The molecule has 2 aromatic carbocycles. The lowest BCUT2D eigenvalue weighted by Crippen LogP contribution is -2.26. The highest BCUT2D eigenvalue weighted by Gasteiger charge is 2.27. The number of benzene rings is 2. The molecule has 37 heavy (non-hydrogen) atoms. The maximum atomic E-state index is 13.7. The normalized spacial score (nSPS) is 13.6. The first-order chi connectivity index (χ1) is 17.7. The molecule has 0 aliphatic heterocycles. The van der Waals surface area contributed by atoms with Gasteiger partial charge in [-0.05, 0) is 61.2 Å². The van der Waals surface area contributed by atoms with Gasteiger partial charge in [-0.3, -0.25) is 4.79 Å². The average molecular weight is 512 g/mol. The molecule has 0 unspecified atom stereocenters. The molecule has 0 saturated heterocycles. The number of hydrogen-bond acceptors (Lipinski definition) is 4. The third-order valence-electron chi connectivity index (χ3n) is 6.20. The molecule has 1 saturated carbocycles. The fraction of sp³-hybridized carbons (Fsp3) is 0.296. The van der Waals surface area contributed by atoms with Crippen LogP contribution in [0, 0.1) is 12.7 Å². The number of anilines is 1. The molecule has 1 aliphatic rings. The zero-order valence-electron chi connectivity index (χ0n) is 20.1. The molecule has 1 fully saturated rings. The van der Waals surface area contributed by atoms with Crippen molar-refractivity contribution in [3.05, 3.63) is 82.9 Å². The first-order valence-corrected chi connectivity index (χ1v) is 12.0. The summed E-state index contributed by atoms with van der Waals surface area (Å²) in [6.07, 6.45) is -1.44. The Balaban J connectivity index is 1.51. The van der Waals surface area contributed by atoms with Crippen molar-refractivity contribution in [2.45, 2.75) is 44.8 Å². The highest BCUT2D eigenvalue weighted by atomic mass is 19.4. The highest BCUT2D eigenvalue weighted by Crippen LogP contribution is 2.28. The molecule has 2 aromatic heterocycles. The van der Waals surface area contributed by atoms with Gasteiger partial charge in [-0.2, -0.15) is 18.3 Å². The molecule has 0 atom stereocenters. The second-order valence-electron chi connectivity index (χ2n) is 9.30. The van der Waals surface area contributed by atoms with E-state index in [1.165, 1.54) is 12.1 Å². The number of hydrogen-bond donors (Lipinski definition) is 2. The van der Waals surface area contributed by atoms with Crippen molar-refractivity contribution in [1.82, 2.24) is 19.9 Å². The van der Waals surface area contributed by atoms with Gasteiger partial charge in [0.05, 0.1) is 29.7 Å². The zero-order chi connectivity index (χ0) is 26.2. The summed E-state index contributed by atoms with van der Waals surface area (Å²) in [7, 11) is 0. The van der Waals surface area contributed by atoms with Gasteiger partial charge in [0.2, 0.25) is 0 Å². The Morgan fingerprint density at radius 3 is 2.65 bits per heavy atom. The molecular formula is C27H25F4N5O. The zero-order valence-corrected chi connectivity index (χ0v) is 20.1. The molecular weight excluding hydrogens is 486 g/mol. The van der Waals surface area contributed by atoms with Crippen LogP contribution in [0.1, 0.15) is 46.4 Å². The van der Waals surface area contributed by atoms with E-state index in [1.807, 2.05) is 13.0 Å². The summed E-state index contributed by atoms with van der Waals surface area (Å²) in [6, 6.07) is 13.4. The molecule has 192 valence electrons. The Bertz CT molecular complexity index is 1460. The van der Waals surface area contributed by atoms with E-state index in [2.05, 4.69) is 20.7 Å². The van der Waals surface area contributed by atoms with Crippen molar-refractivity contribution in [1.29, 1.82) is 0 Å². The summed E-state index contributed by atoms with van der Waals surface area (Å²) < 4.78 is 53.6. The topological polar surface area (TPSA) is 71.3 Å². The third kappa shape index (κ3) is 5.90. The second-order valence-corrected chi connectivity index (χ2v) is 9.30. The maximum absolute atomic E-state index is 13.7. The molecule has 0 bridgehead atoms. The van der Waals surface area contributed by atoms with E-state index in [4.69, 9.17) is 0 Å². The number of alkyl halides is 3. The largest absolute Gasteiger partial charge is 0.390 e. The summed E-state index contributed by atoms with van der Waals surface area (Å²) in [5.74, 6) is -0.497. The number of halogens is 4. The van der Waals surface area contributed by atoms with Gasteiger partial charge in [0.25, 0.3) is 5.91 Å². The molecule has 0 spiro atoms. The standard InChI is InChI=1S/C27H25F4N5O/c1-16-11-18(5-8-22(16)26(37)34-20-6-7-20)24-15-33-25-23(32-10-9-27(29,30)31)14-21(35-36(24)25)13-17-3-2-4-19(28)12-17/h2-5,8,11-12,14-15,20,32H,6-7,9-10,13H2,1H3,(H,34,37). The summed E-state index contributed by atoms with van der Waals surface area (Å²) in [5, 5.41) is 10.5. The molecule has 2 N–H and O–H groups in total. The van der Waals surface area contributed by atoms with Gasteiger partial charge >= 0.3 is 6.18 Å². The van der Waals surface area contributed by atoms with Crippen LogP contribution in [0.4, 0.5) is 23.2 Å². The number of aromatic nitrogens is 3. The van der Waals surface area contributed by atoms with Crippen LogP contribution in [-0.4, -0.2) is 39.3 Å².